The van der Waals surface area contributed by atoms with Crippen LogP contribution in [-0.4, -0.2) is 34.8 Å². The Labute approximate surface area is 132 Å². The summed E-state index contributed by atoms with van der Waals surface area (Å²) in [5, 5.41) is 0. The number of nitrogens with zero attached hydrogens (tertiary/aromatic N) is 2. The van der Waals surface area contributed by atoms with Crippen molar-refractivity contribution in [3.8, 4) is 0 Å². The van der Waals surface area contributed by atoms with Gasteiger partial charge in [0.2, 0.25) is 11.8 Å². The molecule has 0 atom stereocenters. The van der Waals surface area contributed by atoms with Gasteiger partial charge in [-0.1, -0.05) is 38.1 Å². The minimum Gasteiger partial charge on any atom is -0.281 e. The maximum Gasteiger partial charge on any atom is 0.230 e. The summed E-state index contributed by atoms with van der Waals surface area (Å²) in [6, 6.07) is 8.41. The highest BCUT2D eigenvalue weighted by Gasteiger charge is 2.39. The highest BCUT2D eigenvalue weighted by molar-refractivity contribution is 5.98. The number of imide groups is 1. The summed E-state index contributed by atoms with van der Waals surface area (Å²) in [5.74, 6) is -0.0288. The van der Waals surface area contributed by atoms with Gasteiger partial charge in [0.1, 0.15) is 0 Å². The monoisotopic (exact) mass is 300 g/mol. The number of likely N-dealkylation sites (tertiary alicyclic amines) is 1. The zero-order valence-electron chi connectivity index (χ0n) is 13.5. The van der Waals surface area contributed by atoms with Gasteiger partial charge in [-0.05, 0) is 29.4 Å². The number of amides is 2. The Morgan fingerprint density at radius 1 is 1.09 bits per heavy atom. The SMILES string of the molecule is CCC1(C)CC(=O)N(CN2CCc3ccccc3C2)C(=O)C1. The number of hydrogen-bond donors (Lipinski definition) is 0. The first-order chi connectivity index (χ1) is 10.5. The van der Waals surface area contributed by atoms with Gasteiger partial charge >= 0.3 is 0 Å². The van der Waals surface area contributed by atoms with Crippen LogP contribution >= 0.6 is 0 Å². The average Bonchev–Trinajstić information content (AvgIpc) is 2.51. The first-order valence-corrected chi connectivity index (χ1v) is 8.13. The number of benzene rings is 1. The van der Waals surface area contributed by atoms with E-state index in [9.17, 15) is 9.59 Å². The van der Waals surface area contributed by atoms with Crippen molar-refractivity contribution >= 4 is 11.8 Å². The lowest BCUT2D eigenvalue weighted by Gasteiger charge is -2.39. The highest BCUT2D eigenvalue weighted by Crippen LogP contribution is 2.35. The van der Waals surface area contributed by atoms with E-state index < -0.39 is 0 Å². The third-order valence-electron chi connectivity index (χ3n) is 5.16. The molecule has 0 radical (unpaired) electrons. The molecule has 1 saturated heterocycles. The highest BCUT2D eigenvalue weighted by atomic mass is 16.2. The molecule has 0 unspecified atom stereocenters. The molecular formula is C18H24N2O2. The number of piperidine rings is 1. The lowest BCUT2D eigenvalue weighted by atomic mass is 9.77. The zero-order valence-corrected chi connectivity index (χ0v) is 13.5. The van der Waals surface area contributed by atoms with Gasteiger partial charge in [0.15, 0.2) is 0 Å². The molecule has 1 fully saturated rings. The van der Waals surface area contributed by atoms with Crippen LogP contribution in [0.3, 0.4) is 0 Å². The number of hydrogen-bond acceptors (Lipinski definition) is 3. The second kappa shape index (κ2) is 5.84. The van der Waals surface area contributed by atoms with Crippen LogP contribution in [0.1, 0.15) is 44.2 Å². The summed E-state index contributed by atoms with van der Waals surface area (Å²) in [7, 11) is 0. The second-order valence-electron chi connectivity index (χ2n) is 6.95. The van der Waals surface area contributed by atoms with Crippen molar-refractivity contribution in [3.63, 3.8) is 0 Å². The van der Waals surface area contributed by atoms with E-state index in [0.29, 0.717) is 19.5 Å². The molecule has 0 aromatic heterocycles. The molecule has 0 aliphatic carbocycles. The van der Waals surface area contributed by atoms with E-state index in [2.05, 4.69) is 30.0 Å². The minimum atomic E-state index is -0.154. The second-order valence-corrected chi connectivity index (χ2v) is 6.95. The van der Waals surface area contributed by atoms with E-state index in [0.717, 1.165) is 25.9 Å². The number of carbonyl (C=O) groups excluding carboxylic acids is 2. The quantitative estimate of drug-likeness (QED) is 0.806. The molecule has 0 bridgehead atoms. The van der Waals surface area contributed by atoms with Crippen LogP contribution in [0.25, 0.3) is 0 Å². The molecule has 2 aliphatic heterocycles. The summed E-state index contributed by atoms with van der Waals surface area (Å²) < 4.78 is 0. The van der Waals surface area contributed by atoms with Crippen molar-refractivity contribution in [1.82, 2.24) is 9.80 Å². The van der Waals surface area contributed by atoms with Gasteiger partial charge in [-0.2, -0.15) is 0 Å². The Bertz CT molecular complexity index is 579. The predicted molar refractivity (Wildman–Crippen MR) is 84.9 cm³/mol. The first kappa shape index (κ1) is 15.2. The molecule has 1 aromatic carbocycles. The van der Waals surface area contributed by atoms with Crippen LogP contribution in [0.2, 0.25) is 0 Å². The van der Waals surface area contributed by atoms with Gasteiger partial charge in [0, 0.05) is 25.9 Å². The third kappa shape index (κ3) is 2.93. The van der Waals surface area contributed by atoms with E-state index in [1.165, 1.54) is 16.0 Å². The molecule has 0 saturated carbocycles. The van der Waals surface area contributed by atoms with Gasteiger partial charge in [-0.3, -0.25) is 19.4 Å². The molecule has 118 valence electrons. The zero-order chi connectivity index (χ0) is 15.7. The number of fused-ring (bicyclic) bond motifs is 1. The molecule has 2 heterocycles. The van der Waals surface area contributed by atoms with Crippen molar-refractivity contribution in [2.75, 3.05) is 13.2 Å². The molecule has 0 spiro atoms. The molecule has 2 amide bonds. The van der Waals surface area contributed by atoms with E-state index >= 15 is 0 Å². The largest absolute Gasteiger partial charge is 0.281 e. The molecular weight excluding hydrogens is 276 g/mol. The van der Waals surface area contributed by atoms with Crippen LogP contribution in [0, 0.1) is 5.41 Å². The van der Waals surface area contributed by atoms with Crippen molar-refractivity contribution in [2.45, 2.75) is 46.1 Å². The maximum atomic E-state index is 12.4. The Hall–Kier alpha value is -1.68. The summed E-state index contributed by atoms with van der Waals surface area (Å²) in [6.45, 7) is 6.25. The maximum absolute atomic E-state index is 12.4. The van der Waals surface area contributed by atoms with Crippen LogP contribution in [0.4, 0.5) is 0 Å². The Morgan fingerprint density at radius 2 is 1.73 bits per heavy atom. The van der Waals surface area contributed by atoms with Crippen molar-refractivity contribution < 1.29 is 9.59 Å². The van der Waals surface area contributed by atoms with E-state index in [1.807, 2.05) is 13.0 Å². The molecule has 4 heteroatoms. The fraction of sp³-hybridized carbons (Fsp3) is 0.556. The van der Waals surface area contributed by atoms with Gasteiger partial charge in [0.25, 0.3) is 0 Å². The van der Waals surface area contributed by atoms with Crippen LogP contribution in [-0.2, 0) is 22.6 Å². The van der Waals surface area contributed by atoms with Crippen molar-refractivity contribution in [3.05, 3.63) is 35.4 Å². The summed E-state index contributed by atoms with van der Waals surface area (Å²) in [4.78, 5) is 28.4. The fourth-order valence-electron chi connectivity index (χ4n) is 3.41. The Balaban J connectivity index is 1.67. The summed E-state index contributed by atoms with van der Waals surface area (Å²) in [5.41, 5.74) is 2.54. The van der Waals surface area contributed by atoms with Gasteiger partial charge in [0.05, 0.1) is 6.67 Å². The van der Waals surface area contributed by atoms with Gasteiger partial charge in [-0.15, -0.1) is 0 Å². The molecule has 1 aromatic rings. The lowest BCUT2D eigenvalue weighted by Crippen LogP contribution is -2.51. The smallest absolute Gasteiger partial charge is 0.230 e. The average molecular weight is 300 g/mol. The van der Waals surface area contributed by atoms with Crippen LogP contribution < -0.4 is 0 Å². The molecule has 2 aliphatic rings. The van der Waals surface area contributed by atoms with Gasteiger partial charge in [-0.25, -0.2) is 0 Å². The normalized spacial score (nSPS) is 21.8. The van der Waals surface area contributed by atoms with Crippen molar-refractivity contribution in [1.29, 1.82) is 0 Å². The predicted octanol–water partition coefficient (Wildman–Crippen LogP) is 2.57. The standard InChI is InChI=1S/C18H24N2O2/c1-3-18(2)10-16(21)20(17(22)11-18)13-19-9-8-14-6-4-5-7-15(14)12-19/h4-7H,3,8-13H2,1-2H3. The van der Waals surface area contributed by atoms with E-state index in [4.69, 9.17) is 0 Å². The molecule has 0 N–H and O–H groups in total. The Kier molecular flexibility index (Phi) is 4.04. The lowest BCUT2D eigenvalue weighted by molar-refractivity contribution is -0.156. The topological polar surface area (TPSA) is 40.6 Å². The fourth-order valence-corrected chi connectivity index (χ4v) is 3.41. The number of rotatable bonds is 3. The molecule has 4 nitrogen and oxygen atoms in total. The van der Waals surface area contributed by atoms with Crippen LogP contribution in [0.5, 0.6) is 0 Å². The van der Waals surface area contributed by atoms with E-state index in [-0.39, 0.29) is 17.2 Å². The molecule has 22 heavy (non-hydrogen) atoms. The number of carbonyl (C=O) groups is 2. The third-order valence-corrected chi connectivity index (χ3v) is 5.16. The van der Waals surface area contributed by atoms with E-state index in [1.54, 1.807) is 0 Å². The summed E-state index contributed by atoms with van der Waals surface area (Å²) in [6.07, 6.45) is 2.83. The van der Waals surface area contributed by atoms with Crippen molar-refractivity contribution in [2.24, 2.45) is 5.41 Å². The summed E-state index contributed by atoms with van der Waals surface area (Å²) >= 11 is 0. The van der Waals surface area contributed by atoms with Crippen LogP contribution in [0.15, 0.2) is 24.3 Å². The Morgan fingerprint density at radius 3 is 2.36 bits per heavy atom. The minimum absolute atomic E-state index is 0.0144. The van der Waals surface area contributed by atoms with Gasteiger partial charge < -0.3 is 0 Å². The first-order valence-electron chi connectivity index (χ1n) is 8.13. The molecule has 3 rings (SSSR count).